The first kappa shape index (κ1) is 19.2. The van der Waals surface area contributed by atoms with Crippen LogP contribution in [-0.2, 0) is 16.1 Å². The molecule has 0 aliphatic heterocycles. The number of aromatic nitrogens is 1. The Morgan fingerprint density at radius 1 is 1.31 bits per heavy atom. The molecule has 0 saturated carbocycles. The van der Waals surface area contributed by atoms with Crippen LogP contribution < -0.4 is 10.9 Å². The summed E-state index contributed by atoms with van der Waals surface area (Å²) >= 11 is 5.94. The van der Waals surface area contributed by atoms with Gasteiger partial charge in [-0.2, -0.15) is 5.26 Å². The number of amides is 1. The number of benzene rings is 1. The van der Waals surface area contributed by atoms with Gasteiger partial charge in [-0.3, -0.25) is 9.59 Å². The summed E-state index contributed by atoms with van der Waals surface area (Å²) in [5, 5.41) is 11.9. The molecule has 2 aromatic rings. The summed E-state index contributed by atoms with van der Waals surface area (Å²) in [7, 11) is 1.23. The molecule has 1 aromatic heterocycles. The molecule has 0 fully saturated rings. The Labute approximate surface area is 154 Å². The first-order valence-corrected chi connectivity index (χ1v) is 7.95. The lowest BCUT2D eigenvalue weighted by Crippen LogP contribution is -2.31. The minimum atomic E-state index is -0.629. The van der Waals surface area contributed by atoms with E-state index in [2.05, 4.69) is 10.1 Å². The molecule has 8 heteroatoms. The third-order valence-corrected chi connectivity index (χ3v) is 4.10. The number of halogens is 1. The highest BCUT2D eigenvalue weighted by molar-refractivity contribution is 6.33. The number of hydrogen-bond donors (Lipinski definition) is 1. The van der Waals surface area contributed by atoms with Crippen molar-refractivity contribution in [3.05, 3.63) is 62.0 Å². The minimum Gasteiger partial charge on any atom is -0.465 e. The Morgan fingerprint density at radius 2 is 2.00 bits per heavy atom. The maximum absolute atomic E-state index is 12.3. The highest BCUT2D eigenvalue weighted by Gasteiger charge is 2.15. The van der Waals surface area contributed by atoms with Crippen molar-refractivity contribution in [1.29, 1.82) is 5.26 Å². The fraction of sp³-hybridized carbons (Fsp3) is 0.222. The van der Waals surface area contributed by atoms with Crippen LogP contribution in [0.4, 0.5) is 5.69 Å². The van der Waals surface area contributed by atoms with Gasteiger partial charge < -0.3 is 14.6 Å². The van der Waals surface area contributed by atoms with Crippen LogP contribution in [0.25, 0.3) is 0 Å². The van der Waals surface area contributed by atoms with Gasteiger partial charge in [0, 0.05) is 11.4 Å². The normalized spacial score (nSPS) is 10.1. The topological polar surface area (TPSA) is 101 Å². The second kappa shape index (κ2) is 7.85. The van der Waals surface area contributed by atoms with Crippen LogP contribution in [0, 0.1) is 25.2 Å². The Kier molecular flexibility index (Phi) is 5.80. The molecule has 0 atom stereocenters. The molecular formula is C18H16ClN3O4. The number of pyridine rings is 1. The van der Waals surface area contributed by atoms with Gasteiger partial charge in [0.2, 0.25) is 5.91 Å². The SMILES string of the molecule is COC(=O)c1cc(NC(=O)Cn2c(C)cc(C)c(C#N)c2=O)ccc1Cl. The number of carbonyl (C=O) groups is 2. The predicted molar refractivity (Wildman–Crippen MR) is 96.3 cm³/mol. The van der Waals surface area contributed by atoms with Crippen molar-refractivity contribution >= 4 is 29.2 Å². The molecule has 0 saturated heterocycles. The average molecular weight is 374 g/mol. The molecule has 0 radical (unpaired) electrons. The van der Waals surface area contributed by atoms with E-state index in [-0.39, 0.29) is 22.7 Å². The van der Waals surface area contributed by atoms with Gasteiger partial charge >= 0.3 is 5.97 Å². The molecule has 1 heterocycles. The van der Waals surface area contributed by atoms with Gasteiger partial charge in [0.15, 0.2) is 0 Å². The molecule has 1 aromatic carbocycles. The number of nitrogens with zero attached hydrogens (tertiary/aromatic N) is 2. The third-order valence-electron chi connectivity index (χ3n) is 3.77. The van der Waals surface area contributed by atoms with E-state index >= 15 is 0 Å². The van der Waals surface area contributed by atoms with E-state index in [1.807, 2.05) is 6.07 Å². The van der Waals surface area contributed by atoms with E-state index < -0.39 is 17.4 Å². The Bertz CT molecular complexity index is 989. The fourth-order valence-corrected chi connectivity index (χ4v) is 2.67. The van der Waals surface area contributed by atoms with Crippen molar-refractivity contribution in [1.82, 2.24) is 4.57 Å². The lowest BCUT2D eigenvalue weighted by molar-refractivity contribution is -0.116. The number of rotatable bonds is 4. The van der Waals surface area contributed by atoms with E-state index in [4.69, 9.17) is 16.9 Å². The number of esters is 1. The van der Waals surface area contributed by atoms with E-state index in [9.17, 15) is 14.4 Å². The zero-order valence-corrected chi connectivity index (χ0v) is 15.2. The summed E-state index contributed by atoms with van der Waals surface area (Å²) in [4.78, 5) is 36.3. The average Bonchev–Trinajstić information content (AvgIpc) is 2.59. The van der Waals surface area contributed by atoms with Crippen LogP contribution in [0.15, 0.2) is 29.1 Å². The smallest absolute Gasteiger partial charge is 0.339 e. The van der Waals surface area contributed by atoms with E-state index in [1.165, 1.54) is 29.9 Å². The lowest BCUT2D eigenvalue weighted by Gasteiger charge is -2.13. The summed E-state index contributed by atoms with van der Waals surface area (Å²) in [6, 6.07) is 7.90. The number of nitrogens with one attached hydrogen (secondary N) is 1. The minimum absolute atomic E-state index is 0.00266. The van der Waals surface area contributed by atoms with Crippen molar-refractivity contribution in [2.45, 2.75) is 20.4 Å². The highest BCUT2D eigenvalue weighted by atomic mass is 35.5. The van der Waals surface area contributed by atoms with Gasteiger partial charge in [0.25, 0.3) is 5.56 Å². The first-order chi connectivity index (χ1) is 12.3. The van der Waals surface area contributed by atoms with Crippen LogP contribution >= 0.6 is 11.6 Å². The second-order valence-electron chi connectivity index (χ2n) is 5.58. The summed E-state index contributed by atoms with van der Waals surface area (Å²) < 4.78 is 5.85. The molecule has 0 spiro atoms. The van der Waals surface area contributed by atoms with E-state index in [1.54, 1.807) is 19.9 Å². The predicted octanol–water partition coefficient (Wildman–Crippen LogP) is 2.42. The summed E-state index contributed by atoms with van der Waals surface area (Å²) in [5.74, 6) is -1.11. The molecule has 0 unspecified atom stereocenters. The quantitative estimate of drug-likeness (QED) is 0.829. The van der Waals surface area contributed by atoms with Crippen molar-refractivity contribution in [2.24, 2.45) is 0 Å². The number of hydrogen-bond acceptors (Lipinski definition) is 5. The molecule has 1 N–H and O–H groups in total. The number of aryl methyl sites for hydroxylation is 2. The number of ether oxygens (including phenoxy) is 1. The zero-order valence-electron chi connectivity index (χ0n) is 14.4. The van der Waals surface area contributed by atoms with Gasteiger partial charge in [0.1, 0.15) is 18.2 Å². The van der Waals surface area contributed by atoms with Crippen LogP contribution in [0.3, 0.4) is 0 Å². The van der Waals surface area contributed by atoms with Crippen molar-refractivity contribution < 1.29 is 14.3 Å². The molecule has 26 heavy (non-hydrogen) atoms. The van der Waals surface area contributed by atoms with Gasteiger partial charge in [-0.1, -0.05) is 11.6 Å². The largest absolute Gasteiger partial charge is 0.465 e. The number of nitriles is 1. The molecule has 1 amide bonds. The Morgan fingerprint density at radius 3 is 2.62 bits per heavy atom. The van der Waals surface area contributed by atoms with Crippen molar-refractivity contribution in [3.8, 4) is 6.07 Å². The van der Waals surface area contributed by atoms with Crippen LogP contribution in [0.1, 0.15) is 27.2 Å². The fourth-order valence-electron chi connectivity index (χ4n) is 2.47. The van der Waals surface area contributed by atoms with E-state index in [0.717, 1.165) is 0 Å². The van der Waals surface area contributed by atoms with Crippen LogP contribution in [0.2, 0.25) is 5.02 Å². The van der Waals surface area contributed by atoms with Crippen LogP contribution in [-0.4, -0.2) is 23.6 Å². The number of methoxy groups -OCH3 is 1. The molecule has 2 rings (SSSR count). The van der Waals surface area contributed by atoms with Crippen molar-refractivity contribution in [3.63, 3.8) is 0 Å². The zero-order chi connectivity index (χ0) is 19.4. The molecule has 0 aliphatic rings. The van der Waals surface area contributed by atoms with Crippen molar-refractivity contribution in [2.75, 3.05) is 12.4 Å². The first-order valence-electron chi connectivity index (χ1n) is 7.57. The standard InChI is InChI=1S/C18H16ClN3O4/c1-10-6-11(2)22(17(24)14(10)8-20)9-16(23)21-12-4-5-15(19)13(7-12)18(25)26-3/h4-7H,9H2,1-3H3,(H,21,23). The molecule has 0 bridgehead atoms. The molecule has 0 aliphatic carbocycles. The Hall–Kier alpha value is -3.11. The number of anilines is 1. The Balaban J connectivity index is 2.27. The second-order valence-corrected chi connectivity index (χ2v) is 5.99. The molecule has 7 nitrogen and oxygen atoms in total. The van der Waals surface area contributed by atoms with Gasteiger partial charge in [-0.25, -0.2) is 4.79 Å². The third kappa shape index (κ3) is 3.92. The van der Waals surface area contributed by atoms with Gasteiger partial charge in [-0.05, 0) is 43.7 Å². The van der Waals surface area contributed by atoms with E-state index in [0.29, 0.717) is 16.9 Å². The maximum atomic E-state index is 12.3. The monoisotopic (exact) mass is 373 g/mol. The molecular weight excluding hydrogens is 358 g/mol. The van der Waals surface area contributed by atoms with Crippen LogP contribution in [0.5, 0.6) is 0 Å². The highest BCUT2D eigenvalue weighted by Crippen LogP contribution is 2.21. The summed E-state index contributed by atoms with van der Waals surface area (Å²) in [6.45, 7) is 3.08. The number of carbonyl (C=O) groups excluding carboxylic acids is 2. The molecule has 134 valence electrons. The summed E-state index contributed by atoms with van der Waals surface area (Å²) in [5.41, 5.74) is 1.05. The maximum Gasteiger partial charge on any atom is 0.339 e. The van der Waals surface area contributed by atoms with Gasteiger partial charge in [0.05, 0.1) is 17.7 Å². The summed E-state index contributed by atoms with van der Waals surface area (Å²) in [6.07, 6.45) is 0. The van der Waals surface area contributed by atoms with Gasteiger partial charge in [-0.15, -0.1) is 0 Å². The lowest BCUT2D eigenvalue weighted by atomic mass is 10.1.